The van der Waals surface area contributed by atoms with E-state index < -0.39 is 11.7 Å². The smallest absolute Gasteiger partial charge is 0.298 e. The third-order valence-corrected chi connectivity index (χ3v) is 3.11. The van der Waals surface area contributed by atoms with Crippen molar-refractivity contribution in [2.24, 2.45) is 0 Å². The van der Waals surface area contributed by atoms with Gasteiger partial charge in [0.2, 0.25) is 0 Å². The summed E-state index contributed by atoms with van der Waals surface area (Å²) in [4.78, 5) is 2.03. The SMILES string of the molecule is Cc1[nH]ncc1CN(C)Cc1ccc(C(F)(F)F)cc1. The lowest BCUT2D eigenvalue weighted by Crippen LogP contribution is -2.17. The van der Waals surface area contributed by atoms with Crippen molar-refractivity contribution in [3.8, 4) is 0 Å². The fourth-order valence-corrected chi connectivity index (χ4v) is 1.99. The van der Waals surface area contributed by atoms with E-state index in [0.29, 0.717) is 13.1 Å². The average Bonchev–Trinajstić information content (AvgIpc) is 2.74. The summed E-state index contributed by atoms with van der Waals surface area (Å²) in [7, 11) is 1.92. The van der Waals surface area contributed by atoms with Gasteiger partial charge in [-0.15, -0.1) is 0 Å². The first-order valence-corrected chi connectivity index (χ1v) is 6.20. The van der Waals surface area contributed by atoms with Gasteiger partial charge in [0.15, 0.2) is 0 Å². The van der Waals surface area contributed by atoms with Gasteiger partial charge in [0, 0.05) is 24.3 Å². The number of hydrogen-bond acceptors (Lipinski definition) is 2. The molecule has 0 spiro atoms. The van der Waals surface area contributed by atoms with Crippen LogP contribution in [-0.2, 0) is 19.3 Å². The predicted octanol–water partition coefficient (Wildman–Crippen LogP) is 3.37. The molecule has 108 valence electrons. The molecule has 1 N–H and O–H groups in total. The maximum absolute atomic E-state index is 12.5. The Morgan fingerprint density at radius 1 is 1.15 bits per heavy atom. The number of halogens is 3. The summed E-state index contributed by atoms with van der Waals surface area (Å²) >= 11 is 0. The molecular formula is C14H16F3N3. The van der Waals surface area contributed by atoms with Gasteiger partial charge in [-0.1, -0.05) is 12.1 Å². The Balaban J connectivity index is 1.98. The fraction of sp³-hybridized carbons (Fsp3) is 0.357. The zero-order chi connectivity index (χ0) is 14.8. The zero-order valence-electron chi connectivity index (χ0n) is 11.3. The van der Waals surface area contributed by atoms with Crippen LogP contribution in [0.4, 0.5) is 13.2 Å². The minimum absolute atomic E-state index is 0.586. The van der Waals surface area contributed by atoms with E-state index in [1.165, 1.54) is 12.1 Å². The fourth-order valence-electron chi connectivity index (χ4n) is 1.99. The molecule has 0 atom stereocenters. The molecule has 0 fully saturated rings. The van der Waals surface area contributed by atoms with Gasteiger partial charge >= 0.3 is 6.18 Å². The molecule has 0 saturated heterocycles. The molecule has 1 aromatic carbocycles. The van der Waals surface area contributed by atoms with Crippen molar-refractivity contribution in [1.82, 2.24) is 15.1 Å². The van der Waals surface area contributed by atoms with E-state index in [2.05, 4.69) is 10.2 Å². The van der Waals surface area contributed by atoms with Crippen LogP contribution >= 0.6 is 0 Å². The van der Waals surface area contributed by atoms with Crippen LogP contribution in [0.3, 0.4) is 0 Å². The highest BCUT2D eigenvalue weighted by Gasteiger charge is 2.29. The summed E-state index contributed by atoms with van der Waals surface area (Å²) in [5.74, 6) is 0. The molecule has 2 rings (SSSR count). The number of aromatic amines is 1. The van der Waals surface area contributed by atoms with Crippen LogP contribution in [0.25, 0.3) is 0 Å². The Morgan fingerprint density at radius 2 is 1.80 bits per heavy atom. The zero-order valence-corrected chi connectivity index (χ0v) is 11.3. The Morgan fingerprint density at radius 3 is 2.30 bits per heavy atom. The Hall–Kier alpha value is -1.82. The molecule has 0 radical (unpaired) electrons. The number of benzene rings is 1. The summed E-state index contributed by atoms with van der Waals surface area (Å²) in [6.45, 7) is 3.22. The van der Waals surface area contributed by atoms with Gasteiger partial charge in [0.1, 0.15) is 0 Å². The number of nitrogens with zero attached hydrogens (tertiary/aromatic N) is 2. The first-order chi connectivity index (χ1) is 9.36. The molecule has 20 heavy (non-hydrogen) atoms. The number of rotatable bonds is 4. The molecule has 0 aliphatic carbocycles. The highest BCUT2D eigenvalue weighted by Crippen LogP contribution is 2.29. The lowest BCUT2D eigenvalue weighted by atomic mass is 10.1. The van der Waals surface area contributed by atoms with Gasteiger partial charge in [-0.05, 0) is 31.7 Å². The maximum Gasteiger partial charge on any atom is 0.416 e. The van der Waals surface area contributed by atoms with Crippen LogP contribution in [0.15, 0.2) is 30.5 Å². The molecule has 6 heteroatoms. The van der Waals surface area contributed by atoms with Gasteiger partial charge in [0.25, 0.3) is 0 Å². The third-order valence-electron chi connectivity index (χ3n) is 3.11. The molecule has 2 aromatic rings. The Labute approximate surface area is 115 Å². The third kappa shape index (κ3) is 3.60. The first kappa shape index (κ1) is 14.6. The second-order valence-corrected chi connectivity index (χ2v) is 4.89. The summed E-state index contributed by atoms with van der Waals surface area (Å²) in [6.07, 6.45) is -2.52. The van der Waals surface area contributed by atoms with Gasteiger partial charge < -0.3 is 0 Å². The van der Waals surface area contributed by atoms with Gasteiger partial charge in [0.05, 0.1) is 11.8 Å². The maximum atomic E-state index is 12.5. The van der Waals surface area contributed by atoms with Crippen molar-refractivity contribution in [1.29, 1.82) is 0 Å². The number of hydrogen-bond donors (Lipinski definition) is 1. The second-order valence-electron chi connectivity index (χ2n) is 4.89. The number of aromatic nitrogens is 2. The lowest BCUT2D eigenvalue weighted by Gasteiger charge is -2.16. The quantitative estimate of drug-likeness (QED) is 0.933. The monoisotopic (exact) mass is 283 g/mol. The van der Waals surface area contributed by atoms with E-state index in [1.54, 1.807) is 6.20 Å². The molecule has 0 aliphatic rings. The molecule has 0 saturated carbocycles. The number of aryl methyl sites for hydroxylation is 1. The van der Waals surface area contributed by atoms with E-state index in [9.17, 15) is 13.2 Å². The highest BCUT2D eigenvalue weighted by molar-refractivity contribution is 5.24. The van der Waals surface area contributed by atoms with Crippen molar-refractivity contribution in [3.63, 3.8) is 0 Å². The van der Waals surface area contributed by atoms with E-state index >= 15 is 0 Å². The molecule has 0 amide bonds. The minimum Gasteiger partial charge on any atom is -0.298 e. The Kier molecular flexibility index (Phi) is 4.13. The average molecular weight is 283 g/mol. The number of nitrogens with one attached hydrogen (secondary N) is 1. The van der Waals surface area contributed by atoms with Crippen LogP contribution < -0.4 is 0 Å². The summed E-state index contributed by atoms with van der Waals surface area (Å²) in [5.41, 5.74) is 2.32. The van der Waals surface area contributed by atoms with Crippen LogP contribution in [0.2, 0.25) is 0 Å². The van der Waals surface area contributed by atoms with Crippen molar-refractivity contribution in [2.75, 3.05) is 7.05 Å². The molecule has 1 aromatic heterocycles. The van der Waals surface area contributed by atoms with Crippen LogP contribution in [-0.4, -0.2) is 22.1 Å². The molecule has 0 unspecified atom stereocenters. The summed E-state index contributed by atoms with van der Waals surface area (Å²) in [5, 5.41) is 6.80. The molecule has 0 bridgehead atoms. The summed E-state index contributed by atoms with van der Waals surface area (Å²) in [6, 6.07) is 5.27. The van der Waals surface area contributed by atoms with Crippen LogP contribution in [0.1, 0.15) is 22.4 Å². The van der Waals surface area contributed by atoms with Crippen molar-refractivity contribution < 1.29 is 13.2 Å². The van der Waals surface area contributed by atoms with Crippen LogP contribution in [0, 0.1) is 6.92 Å². The van der Waals surface area contributed by atoms with Gasteiger partial charge in [-0.3, -0.25) is 10.00 Å². The lowest BCUT2D eigenvalue weighted by molar-refractivity contribution is -0.137. The Bertz CT molecular complexity index is 558. The second kappa shape index (κ2) is 5.66. The van der Waals surface area contributed by atoms with Crippen molar-refractivity contribution in [2.45, 2.75) is 26.2 Å². The normalized spacial score (nSPS) is 12.1. The summed E-state index contributed by atoms with van der Waals surface area (Å²) < 4.78 is 37.4. The standard InChI is InChI=1S/C14H16F3N3/c1-10-12(7-18-19-10)9-20(2)8-11-3-5-13(6-4-11)14(15,16)17/h3-7H,8-9H2,1-2H3,(H,18,19). The van der Waals surface area contributed by atoms with Crippen molar-refractivity contribution >= 4 is 0 Å². The largest absolute Gasteiger partial charge is 0.416 e. The number of alkyl halides is 3. The molecule has 0 aliphatic heterocycles. The first-order valence-electron chi connectivity index (χ1n) is 6.20. The van der Waals surface area contributed by atoms with Crippen molar-refractivity contribution in [3.05, 3.63) is 52.8 Å². The molecule has 1 heterocycles. The molecular weight excluding hydrogens is 267 g/mol. The van der Waals surface area contributed by atoms with E-state index in [0.717, 1.165) is 29.0 Å². The topological polar surface area (TPSA) is 31.9 Å². The van der Waals surface area contributed by atoms with E-state index in [4.69, 9.17) is 0 Å². The number of H-pyrrole nitrogens is 1. The van der Waals surface area contributed by atoms with Gasteiger partial charge in [-0.2, -0.15) is 18.3 Å². The van der Waals surface area contributed by atoms with E-state index in [-0.39, 0.29) is 0 Å². The molecule has 3 nitrogen and oxygen atoms in total. The predicted molar refractivity (Wildman–Crippen MR) is 69.9 cm³/mol. The van der Waals surface area contributed by atoms with Gasteiger partial charge in [-0.25, -0.2) is 0 Å². The van der Waals surface area contributed by atoms with Crippen LogP contribution in [0.5, 0.6) is 0 Å². The van der Waals surface area contributed by atoms with E-state index in [1.807, 2.05) is 18.9 Å². The highest BCUT2D eigenvalue weighted by atomic mass is 19.4. The minimum atomic E-state index is -4.28.